The Bertz CT molecular complexity index is 1210. The Morgan fingerprint density at radius 2 is 1.75 bits per heavy atom. The lowest BCUT2D eigenvalue weighted by molar-refractivity contribution is 0.589. The van der Waals surface area contributed by atoms with Crippen molar-refractivity contribution in [2.45, 2.75) is 31.6 Å². The molecule has 0 spiro atoms. The Labute approximate surface area is 192 Å². The number of halogens is 1. The predicted molar refractivity (Wildman–Crippen MR) is 129 cm³/mol. The van der Waals surface area contributed by atoms with Crippen LogP contribution in [0, 0.1) is 0 Å². The second-order valence-electron chi connectivity index (χ2n) is 8.43. The van der Waals surface area contributed by atoms with Gasteiger partial charge in [0, 0.05) is 55.6 Å². The molecule has 8 nitrogen and oxygen atoms in total. The third-order valence-electron chi connectivity index (χ3n) is 6.48. The van der Waals surface area contributed by atoms with Gasteiger partial charge in [-0.2, -0.15) is 4.98 Å². The number of hydrogen-bond donors (Lipinski definition) is 2. The second-order valence-corrected chi connectivity index (χ2v) is 8.43. The van der Waals surface area contributed by atoms with Gasteiger partial charge in [-0.3, -0.25) is 4.40 Å². The second kappa shape index (κ2) is 8.88. The average Bonchev–Trinajstić information content (AvgIpc) is 3.50. The summed E-state index contributed by atoms with van der Waals surface area (Å²) < 4.78 is 2.21. The SMILES string of the molecule is Cl.c1cc(Nc2ncc3ccc4ncc(C5CCCC5)n4c3n2)ncc1N1CCNCC1. The van der Waals surface area contributed by atoms with E-state index in [0.29, 0.717) is 11.9 Å². The van der Waals surface area contributed by atoms with E-state index in [1.54, 1.807) is 0 Å². The van der Waals surface area contributed by atoms with Gasteiger partial charge in [0.05, 0.1) is 11.9 Å². The third-order valence-corrected chi connectivity index (χ3v) is 6.48. The van der Waals surface area contributed by atoms with Gasteiger partial charge in [-0.1, -0.05) is 12.8 Å². The predicted octanol–water partition coefficient (Wildman–Crippen LogP) is 3.91. The molecular formula is C23H27ClN8. The van der Waals surface area contributed by atoms with Crippen molar-refractivity contribution in [1.29, 1.82) is 0 Å². The molecule has 1 saturated heterocycles. The van der Waals surface area contributed by atoms with E-state index < -0.39 is 0 Å². The van der Waals surface area contributed by atoms with Crippen LogP contribution in [0.2, 0.25) is 0 Å². The number of anilines is 3. The lowest BCUT2D eigenvalue weighted by Crippen LogP contribution is -2.43. The lowest BCUT2D eigenvalue weighted by atomic mass is 10.1. The van der Waals surface area contributed by atoms with Crippen molar-refractivity contribution in [2.24, 2.45) is 0 Å². The first-order valence-corrected chi connectivity index (χ1v) is 11.2. The number of fused-ring (bicyclic) bond motifs is 3. The molecule has 166 valence electrons. The van der Waals surface area contributed by atoms with Crippen molar-refractivity contribution in [2.75, 3.05) is 36.4 Å². The molecule has 9 heteroatoms. The highest BCUT2D eigenvalue weighted by Gasteiger charge is 2.22. The van der Waals surface area contributed by atoms with Gasteiger partial charge in [-0.05, 0) is 37.1 Å². The van der Waals surface area contributed by atoms with E-state index in [2.05, 4.69) is 41.0 Å². The summed E-state index contributed by atoms with van der Waals surface area (Å²) in [4.78, 5) is 21.0. The monoisotopic (exact) mass is 450 g/mol. The maximum absolute atomic E-state index is 4.86. The zero-order valence-corrected chi connectivity index (χ0v) is 18.7. The highest BCUT2D eigenvalue weighted by Crippen LogP contribution is 2.35. The smallest absolute Gasteiger partial charge is 0.230 e. The van der Waals surface area contributed by atoms with Gasteiger partial charge in [0.1, 0.15) is 11.5 Å². The number of nitrogens with one attached hydrogen (secondary N) is 2. The molecule has 4 aromatic heterocycles. The average molecular weight is 451 g/mol. The molecule has 6 rings (SSSR count). The van der Waals surface area contributed by atoms with Gasteiger partial charge in [0.25, 0.3) is 0 Å². The summed E-state index contributed by atoms with van der Waals surface area (Å²) in [6.45, 7) is 4.03. The molecular weight excluding hydrogens is 424 g/mol. The molecule has 32 heavy (non-hydrogen) atoms. The van der Waals surface area contributed by atoms with Gasteiger partial charge in [0.15, 0.2) is 5.65 Å². The number of rotatable bonds is 4. The van der Waals surface area contributed by atoms with E-state index in [1.165, 1.54) is 31.4 Å². The summed E-state index contributed by atoms with van der Waals surface area (Å²) in [5.74, 6) is 1.85. The molecule has 0 aromatic carbocycles. The highest BCUT2D eigenvalue weighted by molar-refractivity contribution is 5.85. The summed E-state index contributed by atoms with van der Waals surface area (Å²) in [5, 5.41) is 7.66. The Balaban J connectivity index is 0.00000216. The molecule has 0 unspecified atom stereocenters. The maximum Gasteiger partial charge on any atom is 0.230 e. The highest BCUT2D eigenvalue weighted by atomic mass is 35.5. The molecule has 5 heterocycles. The largest absolute Gasteiger partial charge is 0.368 e. The van der Waals surface area contributed by atoms with Crippen molar-refractivity contribution in [3.8, 4) is 0 Å². The summed E-state index contributed by atoms with van der Waals surface area (Å²) in [5.41, 5.74) is 4.25. The first kappa shape index (κ1) is 20.9. The summed E-state index contributed by atoms with van der Waals surface area (Å²) in [6, 6.07) is 8.19. The molecule has 0 atom stereocenters. The van der Waals surface area contributed by atoms with Crippen LogP contribution in [0.25, 0.3) is 16.7 Å². The first-order valence-electron chi connectivity index (χ1n) is 11.2. The topological polar surface area (TPSA) is 83.3 Å². The Morgan fingerprint density at radius 1 is 0.906 bits per heavy atom. The molecule has 1 aliphatic heterocycles. The van der Waals surface area contributed by atoms with Crippen LogP contribution in [0.3, 0.4) is 0 Å². The normalized spacial score (nSPS) is 17.1. The number of piperazine rings is 1. The van der Waals surface area contributed by atoms with Crippen molar-refractivity contribution in [3.63, 3.8) is 0 Å². The first-order chi connectivity index (χ1) is 15.3. The molecule has 0 radical (unpaired) electrons. The van der Waals surface area contributed by atoms with Gasteiger partial charge < -0.3 is 15.5 Å². The lowest BCUT2D eigenvalue weighted by Gasteiger charge is -2.29. The van der Waals surface area contributed by atoms with E-state index >= 15 is 0 Å². The van der Waals surface area contributed by atoms with E-state index in [9.17, 15) is 0 Å². The fraction of sp³-hybridized carbons (Fsp3) is 0.391. The molecule has 4 aromatic rings. The Hall–Kier alpha value is -2.97. The Morgan fingerprint density at radius 3 is 2.53 bits per heavy atom. The maximum atomic E-state index is 4.86. The minimum atomic E-state index is 0. The van der Waals surface area contributed by atoms with Crippen LogP contribution in [0.4, 0.5) is 17.5 Å². The molecule has 2 N–H and O–H groups in total. The van der Waals surface area contributed by atoms with E-state index in [4.69, 9.17) is 4.98 Å². The molecule has 1 aliphatic carbocycles. The summed E-state index contributed by atoms with van der Waals surface area (Å²) in [7, 11) is 0. The Kier molecular flexibility index (Phi) is 5.80. The van der Waals surface area contributed by atoms with Crippen molar-refractivity contribution in [3.05, 3.63) is 48.5 Å². The van der Waals surface area contributed by atoms with E-state index in [-0.39, 0.29) is 12.4 Å². The summed E-state index contributed by atoms with van der Waals surface area (Å²) in [6.07, 6.45) is 10.8. The van der Waals surface area contributed by atoms with Gasteiger partial charge in [-0.25, -0.2) is 15.0 Å². The van der Waals surface area contributed by atoms with E-state index in [0.717, 1.165) is 54.4 Å². The number of pyridine rings is 2. The summed E-state index contributed by atoms with van der Waals surface area (Å²) >= 11 is 0. The number of imidazole rings is 1. The van der Waals surface area contributed by atoms with Gasteiger partial charge in [0.2, 0.25) is 5.95 Å². The van der Waals surface area contributed by atoms with Gasteiger partial charge >= 0.3 is 0 Å². The fourth-order valence-corrected chi connectivity index (χ4v) is 4.83. The van der Waals surface area contributed by atoms with Crippen LogP contribution in [0.5, 0.6) is 0 Å². The van der Waals surface area contributed by atoms with Gasteiger partial charge in [-0.15, -0.1) is 12.4 Å². The standard InChI is InChI=1S/C23H26N8.ClH/c1-2-4-16(3-1)19-15-26-21-8-5-17-13-27-23(29-22(17)31(19)21)28-20-7-6-18(14-25-20)30-11-9-24-10-12-30;/h5-8,13-16,24H,1-4,9-12H2,(H,25,27,28,29);1H. The molecule has 2 fully saturated rings. The minimum absolute atomic E-state index is 0. The van der Waals surface area contributed by atoms with Crippen LogP contribution in [0.15, 0.2) is 42.9 Å². The third kappa shape index (κ3) is 3.84. The molecule has 1 saturated carbocycles. The quantitative estimate of drug-likeness (QED) is 0.487. The minimum Gasteiger partial charge on any atom is -0.368 e. The molecule has 0 amide bonds. The van der Waals surface area contributed by atoms with Crippen LogP contribution in [-0.4, -0.2) is 50.5 Å². The zero-order valence-electron chi connectivity index (χ0n) is 17.9. The molecule has 2 aliphatic rings. The zero-order chi connectivity index (χ0) is 20.6. The van der Waals surface area contributed by atoms with Crippen LogP contribution in [0.1, 0.15) is 37.3 Å². The van der Waals surface area contributed by atoms with Crippen LogP contribution >= 0.6 is 12.4 Å². The molecule has 0 bridgehead atoms. The number of hydrogen-bond acceptors (Lipinski definition) is 7. The van der Waals surface area contributed by atoms with Crippen molar-refractivity contribution >= 4 is 46.5 Å². The van der Waals surface area contributed by atoms with Crippen LogP contribution < -0.4 is 15.5 Å². The van der Waals surface area contributed by atoms with Crippen molar-refractivity contribution in [1.82, 2.24) is 29.7 Å². The fourth-order valence-electron chi connectivity index (χ4n) is 4.83. The number of aromatic nitrogens is 5. The van der Waals surface area contributed by atoms with E-state index in [1.807, 2.05) is 36.8 Å². The number of nitrogens with zero attached hydrogens (tertiary/aromatic N) is 6. The van der Waals surface area contributed by atoms with Crippen molar-refractivity contribution < 1.29 is 0 Å². The van der Waals surface area contributed by atoms with Crippen LogP contribution in [-0.2, 0) is 0 Å².